The Bertz CT molecular complexity index is 519. The van der Waals surface area contributed by atoms with E-state index in [4.69, 9.17) is 0 Å². The van der Waals surface area contributed by atoms with Crippen LogP contribution < -0.4 is 5.32 Å². The number of rotatable bonds is 5. The maximum atomic E-state index is 12.2. The molecule has 2 fully saturated rings. The summed E-state index contributed by atoms with van der Waals surface area (Å²) in [4.78, 5) is 18.7. The summed E-state index contributed by atoms with van der Waals surface area (Å²) in [7, 11) is 0. The minimum absolute atomic E-state index is 0.0798. The lowest BCUT2D eigenvalue weighted by molar-refractivity contribution is -0.131. The molecule has 0 spiro atoms. The molecule has 0 bridgehead atoms. The molecule has 3 rings (SSSR count). The van der Waals surface area contributed by atoms with Crippen molar-refractivity contribution in [1.29, 1.82) is 0 Å². The van der Waals surface area contributed by atoms with Gasteiger partial charge in [0, 0.05) is 48.9 Å². The maximum absolute atomic E-state index is 12.2. The van der Waals surface area contributed by atoms with Crippen LogP contribution in [0.5, 0.6) is 0 Å². The topological polar surface area (TPSA) is 45.2 Å². The first-order chi connectivity index (χ1) is 10.4. The lowest BCUT2D eigenvalue weighted by Gasteiger charge is -2.32. The minimum atomic E-state index is -0.0798. The minimum Gasteiger partial charge on any atom is -0.336 e. The molecule has 120 valence electrons. The van der Waals surface area contributed by atoms with Crippen molar-refractivity contribution < 1.29 is 4.79 Å². The van der Waals surface area contributed by atoms with E-state index in [1.54, 1.807) is 0 Å². The van der Waals surface area contributed by atoms with Crippen molar-refractivity contribution in [1.82, 2.24) is 15.2 Å². The Morgan fingerprint density at radius 3 is 2.68 bits per heavy atom. The molecule has 1 N–H and O–H groups in total. The first-order valence-corrected chi connectivity index (χ1v) is 8.40. The van der Waals surface area contributed by atoms with Gasteiger partial charge >= 0.3 is 0 Å². The molecule has 4 heteroatoms. The van der Waals surface area contributed by atoms with Crippen LogP contribution in [0.1, 0.15) is 45.7 Å². The van der Waals surface area contributed by atoms with Gasteiger partial charge in [-0.2, -0.15) is 0 Å². The van der Waals surface area contributed by atoms with E-state index in [1.165, 1.54) is 12.8 Å². The molecule has 0 aromatic carbocycles. The Kier molecular flexibility index (Phi) is 4.22. The normalized spacial score (nSPS) is 23.9. The third kappa shape index (κ3) is 3.67. The molecule has 2 aliphatic rings. The lowest BCUT2D eigenvalue weighted by Crippen LogP contribution is -2.46. The Morgan fingerprint density at radius 2 is 2.14 bits per heavy atom. The van der Waals surface area contributed by atoms with Gasteiger partial charge in [0.25, 0.3) is 0 Å². The smallest absolute Gasteiger partial charge is 0.224 e. The Hall–Kier alpha value is -1.42. The van der Waals surface area contributed by atoms with E-state index in [-0.39, 0.29) is 17.5 Å². The number of carbonyl (C=O) groups is 1. The van der Waals surface area contributed by atoms with Gasteiger partial charge in [0.2, 0.25) is 5.91 Å². The Balaban J connectivity index is 1.62. The molecule has 1 aromatic heterocycles. The fourth-order valence-corrected chi connectivity index (χ4v) is 3.37. The van der Waals surface area contributed by atoms with Crippen molar-refractivity contribution in [3.05, 3.63) is 30.1 Å². The van der Waals surface area contributed by atoms with Gasteiger partial charge < -0.3 is 10.2 Å². The van der Waals surface area contributed by atoms with Crippen molar-refractivity contribution in [2.24, 2.45) is 5.92 Å². The molecular weight excluding hydrogens is 274 g/mol. The fourth-order valence-electron chi connectivity index (χ4n) is 3.37. The molecule has 1 amide bonds. The molecule has 1 aliphatic heterocycles. The highest BCUT2D eigenvalue weighted by atomic mass is 16.2. The van der Waals surface area contributed by atoms with Gasteiger partial charge in [-0.05, 0) is 51.7 Å². The first-order valence-electron chi connectivity index (χ1n) is 8.40. The van der Waals surface area contributed by atoms with Gasteiger partial charge in [-0.15, -0.1) is 0 Å². The molecule has 0 radical (unpaired) electrons. The van der Waals surface area contributed by atoms with E-state index >= 15 is 0 Å². The summed E-state index contributed by atoms with van der Waals surface area (Å²) in [6.45, 7) is 7.16. The standard InChI is InChI=1S/C18H27N3O/c1-18(2,3)21-12-15(11-17(21)22)20-16(13-7-8-13)10-14-6-4-5-9-19-14/h4-6,9,13,15-16,20H,7-8,10-12H2,1-3H3/t15-,16-/m1/s1. The van der Waals surface area contributed by atoms with Crippen LogP contribution in [-0.4, -0.2) is 40.0 Å². The van der Waals surface area contributed by atoms with Crippen LogP contribution in [0.15, 0.2) is 24.4 Å². The second-order valence-electron chi connectivity index (χ2n) is 7.71. The third-order valence-electron chi connectivity index (χ3n) is 4.73. The number of likely N-dealkylation sites (tertiary alicyclic amines) is 1. The molecule has 1 saturated heterocycles. The molecule has 4 nitrogen and oxygen atoms in total. The molecular formula is C18H27N3O. The average molecular weight is 301 g/mol. The number of carbonyl (C=O) groups excluding carboxylic acids is 1. The number of nitrogens with zero attached hydrogens (tertiary/aromatic N) is 2. The second kappa shape index (κ2) is 5.99. The SMILES string of the molecule is CC(C)(C)N1C[C@H](N[C@H](Cc2ccccn2)C2CC2)CC1=O. The van der Waals surface area contributed by atoms with Crippen LogP contribution in [0.4, 0.5) is 0 Å². The zero-order valence-electron chi connectivity index (χ0n) is 13.9. The highest BCUT2D eigenvalue weighted by Crippen LogP contribution is 2.35. The number of hydrogen-bond donors (Lipinski definition) is 1. The summed E-state index contributed by atoms with van der Waals surface area (Å²) in [5.74, 6) is 1.03. The van der Waals surface area contributed by atoms with Crippen molar-refractivity contribution in [3.8, 4) is 0 Å². The predicted molar refractivity (Wildman–Crippen MR) is 87.5 cm³/mol. The zero-order valence-corrected chi connectivity index (χ0v) is 13.9. The first kappa shape index (κ1) is 15.5. The molecule has 2 heterocycles. The van der Waals surface area contributed by atoms with Crippen LogP contribution >= 0.6 is 0 Å². The van der Waals surface area contributed by atoms with E-state index in [0.29, 0.717) is 12.5 Å². The van der Waals surface area contributed by atoms with Gasteiger partial charge in [0.05, 0.1) is 0 Å². The van der Waals surface area contributed by atoms with Crippen LogP contribution in [0.25, 0.3) is 0 Å². The monoisotopic (exact) mass is 301 g/mol. The van der Waals surface area contributed by atoms with E-state index in [1.807, 2.05) is 23.2 Å². The van der Waals surface area contributed by atoms with Crippen LogP contribution in [-0.2, 0) is 11.2 Å². The number of hydrogen-bond acceptors (Lipinski definition) is 3. The molecule has 22 heavy (non-hydrogen) atoms. The quantitative estimate of drug-likeness (QED) is 0.908. The summed E-state index contributed by atoms with van der Waals surface area (Å²) in [5.41, 5.74) is 1.06. The van der Waals surface area contributed by atoms with Gasteiger partial charge in [-0.3, -0.25) is 9.78 Å². The maximum Gasteiger partial charge on any atom is 0.224 e. The van der Waals surface area contributed by atoms with E-state index < -0.39 is 0 Å². The van der Waals surface area contributed by atoms with E-state index in [2.05, 4.69) is 37.1 Å². The number of nitrogens with one attached hydrogen (secondary N) is 1. The van der Waals surface area contributed by atoms with E-state index in [9.17, 15) is 4.79 Å². The van der Waals surface area contributed by atoms with Crippen LogP contribution in [0.3, 0.4) is 0 Å². The molecule has 1 aromatic rings. The summed E-state index contributed by atoms with van der Waals surface area (Å²) in [6, 6.07) is 6.83. The zero-order chi connectivity index (χ0) is 15.7. The molecule has 2 atom stereocenters. The van der Waals surface area contributed by atoms with Crippen molar-refractivity contribution in [3.63, 3.8) is 0 Å². The predicted octanol–water partition coefficient (Wildman–Crippen LogP) is 2.39. The fraction of sp³-hybridized carbons (Fsp3) is 0.667. The largest absolute Gasteiger partial charge is 0.336 e. The van der Waals surface area contributed by atoms with Crippen molar-refractivity contribution >= 4 is 5.91 Å². The summed E-state index contributed by atoms with van der Waals surface area (Å²) in [5, 5.41) is 3.76. The van der Waals surface area contributed by atoms with Gasteiger partial charge in [-0.25, -0.2) is 0 Å². The number of aromatic nitrogens is 1. The Morgan fingerprint density at radius 1 is 1.36 bits per heavy atom. The van der Waals surface area contributed by atoms with Gasteiger partial charge in [-0.1, -0.05) is 6.07 Å². The van der Waals surface area contributed by atoms with Gasteiger partial charge in [0.15, 0.2) is 0 Å². The van der Waals surface area contributed by atoms with Crippen LogP contribution in [0.2, 0.25) is 0 Å². The Labute approximate surface area is 133 Å². The van der Waals surface area contributed by atoms with Crippen molar-refractivity contribution in [2.75, 3.05) is 6.54 Å². The highest BCUT2D eigenvalue weighted by Gasteiger charge is 2.39. The average Bonchev–Trinajstić information content (AvgIpc) is 3.22. The molecule has 0 unspecified atom stereocenters. The second-order valence-corrected chi connectivity index (χ2v) is 7.71. The van der Waals surface area contributed by atoms with Crippen molar-refractivity contribution in [2.45, 2.75) is 64.1 Å². The van der Waals surface area contributed by atoms with Gasteiger partial charge in [0.1, 0.15) is 0 Å². The highest BCUT2D eigenvalue weighted by molar-refractivity contribution is 5.80. The van der Waals surface area contributed by atoms with E-state index in [0.717, 1.165) is 24.6 Å². The molecule has 1 saturated carbocycles. The summed E-state index contributed by atoms with van der Waals surface area (Å²) in [6.07, 6.45) is 6.05. The lowest BCUT2D eigenvalue weighted by atomic mass is 10.0. The molecule has 1 aliphatic carbocycles. The third-order valence-corrected chi connectivity index (χ3v) is 4.73. The number of pyridine rings is 1. The number of amides is 1. The summed E-state index contributed by atoms with van der Waals surface area (Å²) < 4.78 is 0. The van der Waals surface area contributed by atoms with Crippen LogP contribution in [0, 0.1) is 5.92 Å². The summed E-state index contributed by atoms with van der Waals surface area (Å²) >= 11 is 0.